The van der Waals surface area contributed by atoms with Gasteiger partial charge in [0.05, 0.1) is 10.5 Å². The van der Waals surface area contributed by atoms with Gasteiger partial charge in [0.2, 0.25) is 0 Å². The van der Waals surface area contributed by atoms with Crippen LogP contribution >= 0.6 is 0 Å². The third-order valence-electron chi connectivity index (χ3n) is 3.86. The number of nitrogens with zero attached hydrogens (tertiary/aromatic N) is 3. The molecule has 1 saturated heterocycles. The summed E-state index contributed by atoms with van der Waals surface area (Å²) in [5.41, 5.74) is 0.917. The monoisotopic (exact) mass is 304 g/mol. The Balaban J connectivity index is 2.27. The first-order valence-corrected chi connectivity index (χ1v) is 7.42. The largest absolute Gasteiger partial charge is 0.369 e. The third-order valence-corrected chi connectivity index (χ3v) is 3.86. The summed E-state index contributed by atoms with van der Waals surface area (Å²) < 4.78 is 0. The molecule has 0 N–H and O–H groups in total. The van der Waals surface area contributed by atoms with Gasteiger partial charge in [-0.1, -0.05) is 13.8 Å². The molecular weight excluding hydrogens is 282 g/mol. The fraction of sp³-hybridized carbons (Fsp3) is 0.500. The highest BCUT2D eigenvalue weighted by atomic mass is 16.6. The lowest BCUT2D eigenvalue weighted by atomic mass is 9.99. The number of hydrogen-bond acceptors (Lipinski definition) is 5. The maximum Gasteiger partial charge on any atom is 0.282 e. The lowest BCUT2D eigenvalue weighted by Gasteiger charge is -2.34. The van der Waals surface area contributed by atoms with Crippen LogP contribution in [0.1, 0.15) is 30.6 Å². The SMILES string of the molecule is C[C](C)CC(=O)c1ccc(N2CCN(C)CC2)cc1[N+](=O)[O-]. The number of likely N-dealkylation sites (N-methyl/N-ethyl adjacent to an activating group) is 1. The molecular formula is C16H22N3O3. The summed E-state index contributed by atoms with van der Waals surface area (Å²) in [4.78, 5) is 27.4. The zero-order chi connectivity index (χ0) is 16.3. The Morgan fingerprint density at radius 1 is 1.23 bits per heavy atom. The highest BCUT2D eigenvalue weighted by molar-refractivity contribution is 6.01. The van der Waals surface area contributed by atoms with Crippen LogP contribution in [-0.4, -0.2) is 48.8 Å². The van der Waals surface area contributed by atoms with Crippen LogP contribution in [0, 0.1) is 16.0 Å². The first kappa shape index (κ1) is 16.4. The van der Waals surface area contributed by atoms with Crippen molar-refractivity contribution in [2.75, 3.05) is 38.1 Å². The Hall–Kier alpha value is -1.95. The smallest absolute Gasteiger partial charge is 0.282 e. The summed E-state index contributed by atoms with van der Waals surface area (Å²) in [6, 6.07) is 4.94. The van der Waals surface area contributed by atoms with Crippen molar-refractivity contribution in [3.05, 3.63) is 39.8 Å². The first-order valence-electron chi connectivity index (χ1n) is 7.42. The molecule has 1 fully saturated rings. The molecule has 0 spiro atoms. The minimum atomic E-state index is -0.461. The number of piperazine rings is 1. The van der Waals surface area contributed by atoms with Crippen LogP contribution in [0.15, 0.2) is 18.2 Å². The van der Waals surface area contributed by atoms with Crippen LogP contribution in [-0.2, 0) is 0 Å². The van der Waals surface area contributed by atoms with Crippen LogP contribution in [0.3, 0.4) is 0 Å². The van der Waals surface area contributed by atoms with Gasteiger partial charge in [0, 0.05) is 44.4 Å². The fourth-order valence-electron chi connectivity index (χ4n) is 2.58. The molecule has 0 amide bonds. The summed E-state index contributed by atoms with van der Waals surface area (Å²) in [6.45, 7) is 7.23. The van der Waals surface area contributed by atoms with Gasteiger partial charge in [-0.25, -0.2) is 0 Å². The lowest BCUT2D eigenvalue weighted by molar-refractivity contribution is -0.385. The van der Waals surface area contributed by atoms with Gasteiger partial charge in [-0.3, -0.25) is 14.9 Å². The van der Waals surface area contributed by atoms with Crippen molar-refractivity contribution < 1.29 is 9.72 Å². The quantitative estimate of drug-likeness (QED) is 0.475. The van der Waals surface area contributed by atoms with E-state index >= 15 is 0 Å². The van der Waals surface area contributed by atoms with Crippen molar-refractivity contribution >= 4 is 17.2 Å². The predicted molar refractivity (Wildman–Crippen MR) is 86.3 cm³/mol. The van der Waals surface area contributed by atoms with E-state index in [1.54, 1.807) is 6.07 Å². The summed E-state index contributed by atoms with van der Waals surface area (Å²) >= 11 is 0. The van der Waals surface area contributed by atoms with Crippen LogP contribution in [0.2, 0.25) is 0 Å². The van der Waals surface area contributed by atoms with Gasteiger partial charge >= 0.3 is 0 Å². The molecule has 0 atom stereocenters. The second kappa shape index (κ2) is 6.87. The van der Waals surface area contributed by atoms with Crippen molar-refractivity contribution in [3.8, 4) is 0 Å². The molecule has 0 aromatic heterocycles. The molecule has 1 aromatic carbocycles. The van der Waals surface area contributed by atoms with Crippen LogP contribution in [0.25, 0.3) is 0 Å². The molecule has 1 aliphatic heterocycles. The number of carbonyl (C=O) groups is 1. The van der Waals surface area contributed by atoms with Gasteiger partial charge in [0.25, 0.3) is 5.69 Å². The molecule has 0 saturated carbocycles. The zero-order valence-electron chi connectivity index (χ0n) is 13.3. The Morgan fingerprint density at radius 3 is 2.41 bits per heavy atom. The second-order valence-corrected chi connectivity index (χ2v) is 6.06. The molecule has 6 heteroatoms. The number of carbonyl (C=O) groups excluding carboxylic acids is 1. The summed E-state index contributed by atoms with van der Waals surface area (Å²) in [5.74, 6) is 0.749. The average molecular weight is 304 g/mol. The Kier molecular flexibility index (Phi) is 5.13. The van der Waals surface area contributed by atoms with E-state index in [2.05, 4.69) is 16.8 Å². The Labute approximate surface area is 130 Å². The average Bonchev–Trinajstić information content (AvgIpc) is 2.46. The van der Waals surface area contributed by atoms with Crippen LogP contribution < -0.4 is 4.90 Å². The molecule has 1 aliphatic rings. The molecule has 119 valence electrons. The van der Waals surface area contributed by atoms with Crippen molar-refractivity contribution in [1.82, 2.24) is 4.90 Å². The number of rotatable bonds is 5. The molecule has 0 bridgehead atoms. The maximum absolute atomic E-state index is 12.2. The van der Waals surface area contributed by atoms with E-state index in [1.807, 2.05) is 19.9 Å². The van der Waals surface area contributed by atoms with Gasteiger partial charge in [-0.15, -0.1) is 0 Å². The minimum Gasteiger partial charge on any atom is -0.369 e. The molecule has 0 unspecified atom stereocenters. The van der Waals surface area contributed by atoms with Crippen molar-refractivity contribution in [2.24, 2.45) is 0 Å². The fourth-order valence-corrected chi connectivity index (χ4v) is 2.58. The number of hydrogen-bond donors (Lipinski definition) is 0. The van der Waals surface area contributed by atoms with E-state index in [4.69, 9.17) is 0 Å². The number of nitro groups is 1. The molecule has 6 nitrogen and oxygen atoms in total. The van der Waals surface area contributed by atoms with Crippen molar-refractivity contribution in [3.63, 3.8) is 0 Å². The third kappa shape index (κ3) is 3.82. The highest BCUT2D eigenvalue weighted by Crippen LogP contribution is 2.28. The summed E-state index contributed by atoms with van der Waals surface area (Å²) in [7, 11) is 2.06. The van der Waals surface area contributed by atoms with Gasteiger partial charge in [-0.05, 0) is 25.1 Å². The molecule has 1 aromatic rings. The zero-order valence-corrected chi connectivity index (χ0v) is 13.3. The normalized spacial score (nSPS) is 16.1. The van der Waals surface area contributed by atoms with Gasteiger partial charge in [0.1, 0.15) is 0 Å². The van der Waals surface area contributed by atoms with Gasteiger partial charge < -0.3 is 9.80 Å². The van der Waals surface area contributed by atoms with Gasteiger partial charge in [0.15, 0.2) is 5.78 Å². The Bertz CT molecular complexity index is 564. The summed E-state index contributed by atoms with van der Waals surface area (Å²) in [6.07, 6.45) is 0.245. The number of Topliss-reactive ketones (excluding diaryl/α,β-unsaturated/α-hetero) is 1. The topological polar surface area (TPSA) is 66.7 Å². The first-order chi connectivity index (χ1) is 10.4. The molecule has 1 heterocycles. The van der Waals surface area contributed by atoms with Crippen LogP contribution in [0.4, 0.5) is 11.4 Å². The Morgan fingerprint density at radius 2 is 1.86 bits per heavy atom. The summed E-state index contributed by atoms with van der Waals surface area (Å²) in [5, 5.41) is 11.3. The van der Waals surface area contributed by atoms with E-state index in [0.29, 0.717) is 0 Å². The van der Waals surface area contributed by atoms with Crippen LogP contribution in [0.5, 0.6) is 0 Å². The van der Waals surface area contributed by atoms with E-state index in [9.17, 15) is 14.9 Å². The van der Waals surface area contributed by atoms with E-state index in [0.717, 1.165) is 37.8 Å². The van der Waals surface area contributed by atoms with E-state index < -0.39 is 4.92 Å². The molecule has 0 aliphatic carbocycles. The lowest BCUT2D eigenvalue weighted by Crippen LogP contribution is -2.44. The van der Waals surface area contributed by atoms with Gasteiger partial charge in [-0.2, -0.15) is 0 Å². The number of ketones is 1. The number of benzene rings is 1. The van der Waals surface area contributed by atoms with Crippen molar-refractivity contribution in [1.29, 1.82) is 0 Å². The van der Waals surface area contributed by atoms with Crippen molar-refractivity contribution in [2.45, 2.75) is 20.3 Å². The molecule has 2 rings (SSSR count). The highest BCUT2D eigenvalue weighted by Gasteiger charge is 2.23. The predicted octanol–water partition coefficient (Wildman–Crippen LogP) is 2.53. The minimum absolute atomic E-state index is 0.0947. The molecule has 22 heavy (non-hydrogen) atoms. The standard InChI is InChI=1S/C16H22N3O3/c1-12(2)10-16(20)14-5-4-13(11-15(14)19(21)22)18-8-6-17(3)7-9-18/h4-5,11H,6-10H2,1-3H3. The maximum atomic E-state index is 12.2. The van der Waals surface area contributed by atoms with E-state index in [-0.39, 0.29) is 23.5 Å². The number of anilines is 1. The molecule has 1 radical (unpaired) electrons. The number of nitro benzene ring substituents is 1. The van der Waals surface area contributed by atoms with E-state index in [1.165, 1.54) is 6.07 Å². The second-order valence-electron chi connectivity index (χ2n) is 6.06.